The third-order valence-electron chi connectivity index (χ3n) is 3.91. The van der Waals surface area contributed by atoms with Crippen LogP contribution in [-0.2, 0) is 13.2 Å². The second-order valence-corrected chi connectivity index (χ2v) is 6.51. The molecule has 0 aliphatic heterocycles. The lowest BCUT2D eigenvalue weighted by atomic mass is 10.1. The molecule has 7 heteroatoms. The van der Waals surface area contributed by atoms with Crippen LogP contribution in [0.1, 0.15) is 24.5 Å². The highest BCUT2D eigenvalue weighted by atomic mass is 35.5. The van der Waals surface area contributed by atoms with E-state index in [9.17, 15) is 5.11 Å². The maximum Gasteiger partial charge on any atom is 0.161 e. The lowest BCUT2D eigenvalue weighted by molar-refractivity contribution is 0.238. The summed E-state index contributed by atoms with van der Waals surface area (Å²) in [5.74, 6) is 1.32. The number of hydrogen-bond donors (Lipinski definition) is 2. The Kier molecular flexibility index (Phi) is 10.1. The second-order valence-electron chi connectivity index (χ2n) is 5.69. The van der Waals surface area contributed by atoms with Crippen molar-refractivity contribution in [3.05, 3.63) is 57.6 Å². The van der Waals surface area contributed by atoms with Crippen LogP contribution in [0.25, 0.3) is 0 Å². The molecular weight excluding hydrogens is 397 g/mol. The van der Waals surface area contributed by atoms with Crippen molar-refractivity contribution in [3.8, 4) is 11.5 Å². The number of rotatable bonds is 9. The Bertz CT molecular complexity index is 694. The van der Waals surface area contributed by atoms with Crippen LogP contribution in [0.3, 0.4) is 0 Å². The zero-order chi connectivity index (χ0) is 18.2. The lowest BCUT2D eigenvalue weighted by Crippen LogP contribution is -2.31. The molecule has 1 unspecified atom stereocenters. The van der Waals surface area contributed by atoms with Gasteiger partial charge in [0.1, 0.15) is 6.61 Å². The normalized spacial score (nSPS) is 11.6. The predicted molar refractivity (Wildman–Crippen MR) is 109 cm³/mol. The summed E-state index contributed by atoms with van der Waals surface area (Å²) >= 11 is 11.9. The van der Waals surface area contributed by atoms with Gasteiger partial charge in [-0.05, 0) is 41.8 Å². The van der Waals surface area contributed by atoms with Crippen LogP contribution in [0.15, 0.2) is 36.4 Å². The van der Waals surface area contributed by atoms with Crippen molar-refractivity contribution in [1.82, 2.24) is 5.32 Å². The molecule has 2 rings (SSSR count). The van der Waals surface area contributed by atoms with Gasteiger partial charge in [-0.25, -0.2) is 0 Å². The molecule has 26 heavy (non-hydrogen) atoms. The topological polar surface area (TPSA) is 50.7 Å². The van der Waals surface area contributed by atoms with Gasteiger partial charge < -0.3 is 19.9 Å². The van der Waals surface area contributed by atoms with Crippen molar-refractivity contribution in [3.63, 3.8) is 0 Å². The predicted octanol–water partition coefficient (Wildman–Crippen LogP) is 4.86. The fourth-order valence-corrected chi connectivity index (χ4v) is 2.65. The first kappa shape index (κ1) is 22.9. The fourth-order valence-electron chi connectivity index (χ4n) is 2.33. The van der Waals surface area contributed by atoms with Gasteiger partial charge in [0.15, 0.2) is 11.5 Å². The molecule has 0 radical (unpaired) electrons. The van der Waals surface area contributed by atoms with E-state index in [2.05, 4.69) is 5.32 Å². The number of aliphatic hydroxyl groups excluding tert-OH is 1. The summed E-state index contributed by atoms with van der Waals surface area (Å²) in [5, 5.41) is 13.6. The van der Waals surface area contributed by atoms with Crippen LogP contribution >= 0.6 is 35.6 Å². The molecule has 2 N–H and O–H groups in total. The molecule has 0 bridgehead atoms. The number of methoxy groups -OCH3 is 1. The van der Waals surface area contributed by atoms with Crippen LogP contribution in [0.4, 0.5) is 0 Å². The van der Waals surface area contributed by atoms with Crippen LogP contribution in [0, 0.1) is 0 Å². The van der Waals surface area contributed by atoms with E-state index < -0.39 is 0 Å². The van der Waals surface area contributed by atoms with E-state index in [1.807, 2.05) is 31.2 Å². The van der Waals surface area contributed by atoms with Gasteiger partial charge in [0.05, 0.1) is 23.8 Å². The zero-order valence-electron chi connectivity index (χ0n) is 14.8. The van der Waals surface area contributed by atoms with Gasteiger partial charge in [-0.2, -0.15) is 0 Å². The standard InChI is InChI=1S/C19H23Cl2NO3.ClH/c1-3-15(11-23)22-10-13-5-7-18(19(9-13)24-2)25-12-14-4-6-16(20)17(21)8-14;/h4-9,15,22-23H,3,10-12H2,1-2H3;1H. The third kappa shape index (κ3) is 6.53. The van der Waals surface area contributed by atoms with Crippen molar-refractivity contribution in [2.75, 3.05) is 13.7 Å². The van der Waals surface area contributed by atoms with Crippen LogP contribution in [-0.4, -0.2) is 24.9 Å². The molecule has 0 heterocycles. The minimum Gasteiger partial charge on any atom is -0.493 e. The molecule has 0 saturated carbocycles. The second kappa shape index (κ2) is 11.5. The highest BCUT2D eigenvalue weighted by Gasteiger charge is 2.09. The number of ether oxygens (including phenoxy) is 2. The molecule has 0 amide bonds. The number of hydrogen-bond acceptors (Lipinski definition) is 4. The smallest absolute Gasteiger partial charge is 0.161 e. The summed E-state index contributed by atoms with van der Waals surface area (Å²) in [5.41, 5.74) is 1.99. The van der Waals surface area contributed by atoms with Crippen LogP contribution in [0.2, 0.25) is 10.0 Å². The van der Waals surface area contributed by atoms with Gasteiger partial charge in [-0.3, -0.25) is 0 Å². The average molecular weight is 421 g/mol. The Morgan fingerprint density at radius 1 is 1.04 bits per heavy atom. The molecule has 4 nitrogen and oxygen atoms in total. The maximum absolute atomic E-state index is 9.24. The maximum atomic E-state index is 9.24. The van der Waals surface area contributed by atoms with E-state index in [-0.39, 0.29) is 25.1 Å². The van der Waals surface area contributed by atoms with E-state index in [4.69, 9.17) is 32.7 Å². The van der Waals surface area contributed by atoms with Crippen molar-refractivity contribution in [2.24, 2.45) is 0 Å². The van der Waals surface area contributed by atoms with E-state index in [0.29, 0.717) is 34.7 Å². The molecule has 0 fully saturated rings. The Hall–Kier alpha value is -1.17. The summed E-state index contributed by atoms with van der Waals surface area (Å²) in [4.78, 5) is 0. The van der Waals surface area contributed by atoms with E-state index in [1.165, 1.54) is 0 Å². The monoisotopic (exact) mass is 419 g/mol. The minimum absolute atomic E-state index is 0. The largest absolute Gasteiger partial charge is 0.493 e. The summed E-state index contributed by atoms with van der Waals surface area (Å²) in [6.07, 6.45) is 0.873. The van der Waals surface area contributed by atoms with Gasteiger partial charge >= 0.3 is 0 Å². The molecule has 1 atom stereocenters. The number of aliphatic hydroxyl groups is 1. The summed E-state index contributed by atoms with van der Waals surface area (Å²) in [6, 6.07) is 11.3. The Balaban J connectivity index is 0.00000338. The molecule has 0 aliphatic carbocycles. The third-order valence-corrected chi connectivity index (χ3v) is 4.65. The summed E-state index contributed by atoms with van der Waals surface area (Å²) in [7, 11) is 1.61. The molecule has 0 aromatic heterocycles. The van der Waals surface area contributed by atoms with Crippen LogP contribution in [0.5, 0.6) is 11.5 Å². The van der Waals surface area contributed by atoms with Crippen molar-refractivity contribution in [2.45, 2.75) is 32.5 Å². The van der Waals surface area contributed by atoms with Crippen molar-refractivity contribution >= 4 is 35.6 Å². The first-order valence-electron chi connectivity index (χ1n) is 8.15. The molecule has 2 aromatic carbocycles. The average Bonchev–Trinajstić information content (AvgIpc) is 2.64. The number of nitrogens with one attached hydrogen (secondary N) is 1. The molecule has 0 spiro atoms. The molecule has 144 valence electrons. The molecule has 2 aromatic rings. The summed E-state index contributed by atoms with van der Waals surface area (Å²) < 4.78 is 11.3. The van der Waals surface area contributed by atoms with E-state index in [0.717, 1.165) is 17.5 Å². The summed E-state index contributed by atoms with van der Waals surface area (Å²) in [6.45, 7) is 3.18. The van der Waals surface area contributed by atoms with Crippen molar-refractivity contribution in [1.29, 1.82) is 0 Å². The first-order chi connectivity index (χ1) is 12.1. The zero-order valence-corrected chi connectivity index (χ0v) is 17.1. The fraction of sp³-hybridized carbons (Fsp3) is 0.368. The highest BCUT2D eigenvalue weighted by Crippen LogP contribution is 2.30. The molecule has 0 saturated heterocycles. The van der Waals surface area contributed by atoms with Crippen molar-refractivity contribution < 1.29 is 14.6 Å². The van der Waals surface area contributed by atoms with Crippen LogP contribution < -0.4 is 14.8 Å². The SMILES string of the molecule is CCC(CO)NCc1ccc(OCc2ccc(Cl)c(Cl)c2)c(OC)c1.Cl. The Morgan fingerprint density at radius 3 is 2.38 bits per heavy atom. The molecular formula is C19H24Cl3NO3. The van der Waals surface area contributed by atoms with Gasteiger partial charge in [-0.15, -0.1) is 12.4 Å². The van der Waals surface area contributed by atoms with E-state index in [1.54, 1.807) is 19.2 Å². The Labute approximate surface area is 170 Å². The first-order valence-corrected chi connectivity index (χ1v) is 8.90. The highest BCUT2D eigenvalue weighted by molar-refractivity contribution is 6.42. The lowest BCUT2D eigenvalue weighted by Gasteiger charge is -2.16. The minimum atomic E-state index is 0. The van der Waals surface area contributed by atoms with Gasteiger partial charge in [0.2, 0.25) is 0 Å². The number of halogens is 3. The van der Waals surface area contributed by atoms with E-state index >= 15 is 0 Å². The Morgan fingerprint density at radius 2 is 1.77 bits per heavy atom. The van der Waals surface area contributed by atoms with Gasteiger partial charge in [0.25, 0.3) is 0 Å². The number of benzene rings is 2. The molecule has 0 aliphatic rings. The van der Waals surface area contributed by atoms with Gasteiger partial charge in [0, 0.05) is 12.6 Å². The van der Waals surface area contributed by atoms with Gasteiger partial charge in [-0.1, -0.05) is 42.3 Å². The quantitative estimate of drug-likeness (QED) is 0.608.